The van der Waals surface area contributed by atoms with Gasteiger partial charge in [0.2, 0.25) is 0 Å². The molecule has 1 unspecified atom stereocenters. The van der Waals surface area contributed by atoms with Crippen LogP contribution in [0.1, 0.15) is 18.4 Å². The van der Waals surface area contributed by atoms with Crippen LogP contribution >= 0.6 is 0 Å². The van der Waals surface area contributed by atoms with Gasteiger partial charge in [0, 0.05) is 12.1 Å². The standard InChI is InChI=1S/C9H12N2O/c1-8(7-10-11-12)9-5-3-2-4-6-9/h2-8,11-12H,1H3. The average Bonchev–Trinajstić information content (AvgIpc) is 2.15. The molecule has 3 nitrogen and oxygen atoms in total. The number of rotatable bonds is 3. The summed E-state index contributed by atoms with van der Waals surface area (Å²) in [4.78, 5) is 0. The molecule has 0 spiro atoms. The van der Waals surface area contributed by atoms with Crippen LogP contribution in [0.2, 0.25) is 0 Å². The van der Waals surface area contributed by atoms with E-state index >= 15 is 0 Å². The van der Waals surface area contributed by atoms with Gasteiger partial charge in [0.1, 0.15) is 0 Å². The Morgan fingerprint density at radius 3 is 2.67 bits per heavy atom. The summed E-state index contributed by atoms with van der Waals surface area (Å²) in [6, 6.07) is 9.97. The molecule has 1 aromatic carbocycles. The molecule has 64 valence electrons. The fourth-order valence-corrected chi connectivity index (χ4v) is 0.988. The Hall–Kier alpha value is -1.35. The molecule has 0 amide bonds. The van der Waals surface area contributed by atoms with Crippen LogP contribution in [0.3, 0.4) is 0 Å². The minimum Gasteiger partial charge on any atom is -0.274 e. The summed E-state index contributed by atoms with van der Waals surface area (Å²) < 4.78 is 0. The van der Waals surface area contributed by atoms with Gasteiger partial charge in [-0.05, 0) is 5.56 Å². The topological polar surface area (TPSA) is 44.6 Å². The highest BCUT2D eigenvalue weighted by Crippen LogP contribution is 2.11. The van der Waals surface area contributed by atoms with Crippen molar-refractivity contribution < 1.29 is 5.21 Å². The molecule has 2 N–H and O–H groups in total. The molecule has 0 heterocycles. The lowest BCUT2D eigenvalue weighted by Crippen LogP contribution is -2.00. The molecule has 0 saturated carbocycles. The average molecular weight is 164 g/mol. The van der Waals surface area contributed by atoms with Crippen molar-refractivity contribution in [3.63, 3.8) is 0 Å². The number of hydrazone groups is 1. The van der Waals surface area contributed by atoms with Crippen LogP contribution in [0.25, 0.3) is 0 Å². The van der Waals surface area contributed by atoms with Crippen LogP contribution in [-0.2, 0) is 0 Å². The van der Waals surface area contributed by atoms with Crippen molar-refractivity contribution in [2.75, 3.05) is 0 Å². The molecule has 0 radical (unpaired) electrons. The fraction of sp³-hybridized carbons (Fsp3) is 0.222. The SMILES string of the molecule is CC(C=NNO)c1ccccc1. The highest BCUT2D eigenvalue weighted by atomic mass is 16.5. The van der Waals surface area contributed by atoms with Crippen molar-refractivity contribution >= 4 is 6.21 Å². The smallest absolute Gasteiger partial charge is 0.0339 e. The number of benzene rings is 1. The van der Waals surface area contributed by atoms with Crippen LogP contribution in [0, 0.1) is 0 Å². The minimum atomic E-state index is 0.214. The second-order valence-corrected chi connectivity index (χ2v) is 2.58. The maximum atomic E-state index is 8.21. The van der Waals surface area contributed by atoms with Crippen molar-refractivity contribution in [1.82, 2.24) is 5.59 Å². The Bertz CT molecular complexity index is 246. The van der Waals surface area contributed by atoms with Crippen molar-refractivity contribution in [2.24, 2.45) is 5.10 Å². The molecule has 1 rings (SSSR count). The maximum absolute atomic E-state index is 8.21. The van der Waals surface area contributed by atoms with E-state index in [2.05, 4.69) is 5.10 Å². The maximum Gasteiger partial charge on any atom is 0.0339 e. The Labute approximate surface area is 71.7 Å². The van der Waals surface area contributed by atoms with Crippen LogP contribution < -0.4 is 5.59 Å². The van der Waals surface area contributed by atoms with E-state index in [1.807, 2.05) is 37.3 Å². The van der Waals surface area contributed by atoms with Gasteiger partial charge in [-0.2, -0.15) is 10.7 Å². The molecule has 0 aromatic heterocycles. The zero-order valence-corrected chi connectivity index (χ0v) is 6.94. The number of nitrogens with one attached hydrogen (secondary N) is 1. The van der Waals surface area contributed by atoms with Gasteiger partial charge < -0.3 is 0 Å². The Balaban J connectivity index is 2.65. The molecule has 1 atom stereocenters. The largest absolute Gasteiger partial charge is 0.274 e. The lowest BCUT2D eigenvalue weighted by atomic mass is 10.0. The van der Waals surface area contributed by atoms with Gasteiger partial charge in [-0.15, -0.1) is 0 Å². The third-order valence-corrected chi connectivity index (χ3v) is 1.68. The van der Waals surface area contributed by atoms with E-state index in [9.17, 15) is 0 Å². The number of hydrogen-bond acceptors (Lipinski definition) is 3. The molecule has 12 heavy (non-hydrogen) atoms. The van der Waals surface area contributed by atoms with E-state index in [-0.39, 0.29) is 5.92 Å². The van der Waals surface area contributed by atoms with Gasteiger partial charge in [-0.3, -0.25) is 5.21 Å². The van der Waals surface area contributed by atoms with Crippen LogP contribution in [0.5, 0.6) is 0 Å². The summed E-state index contributed by atoms with van der Waals surface area (Å²) in [5.74, 6) is 0.214. The van der Waals surface area contributed by atoms with Gasteiger partial charge in [0.15, 0.2) is 0 Å². The molecule has 0 aliphatic rings. The Morgan fingerprint density at radius 1 is 1.42 bits per heavy atom. The summed E-state index contributed by atoms with van der Waals surface area (Å²) in [5, 5.41) is 11.7. The third kappa shape index (κ3) is 2.36. The molecule has 1 aromatic rings. The Morgan fingerprint density at radius 2 is 2.08 bits per heavy atom. The normalized spacial score (nSPS) is 13.2. The summed E-state index contributed by atoms with van der Waals surface area (Å²) in [6.45, 7) is 2.01. The predicted molar refractivity (Wildman–Crippen MR) is 48.3 cm³/mol. The highest BCUT2D eigenvalue weighted by molar-refractivity contribution is 5.66. The van der Waals surface area contributed by atoms with Gasteiger partial charge >= 0.3 is 0 Å². The molecule has 0 bridgehead atoms. The predicted octanol–water partition coefficient (Wildman–Crippen LogP) is 1.75. The zero-order valence-electron chi connectivity index (χ0n) is 6.94. The molecular weight excluding hydrogens is 152 g/mol. The van der Waals surface area contributed by atoms with Gasteiger partial charge in [0.25, 0.3) is 0 Å². The van der Waals surface area contributed by atoms with E-state index in [0.29, 0.717) is 0 Å². The van der Waals surface area contributed by atoms with Crippen LogP contribution in [0.15, 0.2) is 35.4 Å². The van der Waals surface area contributed by atoms with Gasteiger partial charge in [-0.1, -0.05) is 37.3 Å². The number of nitrogens with zero attached hydrogens (tertiary/aromatic N) is 1. The molecule has 0 aliphatic heterocycles. The van der Waals surface area contributed by atoms with E-state index in [1.165, 1.54) is 5.56 Å². The van der Waals surface area contributed by atoms with Crippen LogP contribution in [0.4, 0.5) is 0 Å². The second kappa shape index (κ2) is 4.51. The summed E-state index contributed by atoms with van der Waals surface area (Å²) in [5.41, 5.74) is 2.92. The monoisotopic (exact) mass is 164 g/mol. The Kier molecular flexibility index (Phi) is 3.29. The summed E-state index contributed by atoms with van der Waals surface area (Å²) in [7, 11) is 0. The second-order valence-electron chi connectivity index (χ2n) is 2.58. The third-order valence-electron chi connectivity index (χ3n) is 1.68. The molecular formula is C9H12N2O. The van der Waals surface area contributed by atoms with Crippen LogP contribution in [-0.4, -0.2) is 11.4 Å². The lowest BCUT2D eigenvalue weighted by Gasteiger charge is -2.03. The molecule has 0 saturated heterocycles. The summed E-state index contributed by atoms with van der Waals surface area (Å²) >= 11 is 0. The van der Waals surface area contributed by atoms with Crippen molar-refractivity contribution in [3.8, 4) is 0 Å². The van der Waals surface area contributed by atoms with E-state index in [0.717, 1.165) is 0 Å². The van der Waals surface area contributed by atoms with E-state index in [4.69, 9.17) is 5.21 Å². The van der Waals surface area contributed by atoms with E-state index < -0.39 is 0 Å². The first-order valence-corrected chi connectivity index (χ1v) is 3.82. The minimum absolute atomic E-state index is 0.214. The van der Waals surface area contributed by atoms with Crippen molar-refractivity contribution in [3.05, 3.63) is 35.9 Å². The lowest BCUT2D eigenvalue weighted by molar-refractivity contribution is 0.172. The first kappa shape index (κ1) is 8.74. The van der Waals surface area contributed by atoms with Gasteiger partial charge in [-0.25, -0.2) is 0 Å². The fourth-order valence-electron chi connectivity index (χ4n) is 0.988. The van der Waals surface area contributed by atoms with Gasteiger partial charge in [0.05, 0.1) is 0 Å². The molecule has 0 aliphatic carbocycles. The van der Waals surface area contributed by atoms with E-state index in [1.54, 1.807) is 11.8 Å². The van der Waals surface area contributed by atoms with Crippen molar-refractivity contribution in [2.45, 2.75) is 12.8 Å². The molecule has 3 heteroatoms. The molecule has 0 fully saturated rings. The highest BCUT2D eigenvalue weighted by Gasteiger charge is 1.99. The quantitative estimate of drug-likeness (QED) is 0.528. The summed E-state index contributed by atoms with van der Waals surface area (Å²) in [6.07, 6.45) is 1.65. The van der Waals surface area contributed by atoms with Crippen molar-refractivity contribution in [1.29, 1.82) is 0 Å². The first-order valence-electron chi connectivity index (χ1n) is 3.82. The first-order chi connectivity index (χ1) is 5.84. The number of hydrogen-bond donors (Lipinski definition) is 2. The zero-order chi connectivity index (χ0) is 8.81.